The number of aliphatic carboxylic acids is 1. The molecule has 1 aliphatic carbocycles. The molecule has 18 heavy (non-hydrogen) atoms. The second-order valence-electron chi connectivity index (χ2n) is 4.85. The first kappa shape index (κ1) is 11.0. The molecule has 2 aromatic carbocycles. The van der Waals surface area contributed by atoms with Crippen LogP contribution in [0.25, 0.3) is 22.4 Å². The summed E-state index contributed by atoms with van der Waals surface area (Å²) in [4.78, 5) is 10.9. The summed E-state index contributed by atoms with van der Waals surface area (Å²) in [6, 6.07) is 12.5. The van der Waals surface area contributed by atoms with E-state index in [0.29, 0.717) is 0 Å². The van der Waals surface area contributed by atoms with Gasteiger partial charge in [-0.3, -0.25) is 4.79 Å². The van der Waals surface area contributed by atoms with Gasteiger partial charge >= 0.3 is 5.97 Å². The number of carboxylic acids is 1. The SMILES string of the molecule is CC(CC(=O)O)C1=Cc2cccc3cccc1c23. The Bertz CT molecular complexity index is 663. The normalized spacial score (nSPS) is 14.6. The Labute approximate surface area is 106 Å². The van der Waals surface area contributed by atoms with Gasteiger partial charge in [0.2, 0.25) is 0 Å². The maximum absolute atomic E-state index is 10.9. The van der Waals surface area contributed by atoms with Crippen LogP contribution >= 0.6 is 0 Å². The monoisotopic (exact) mass is 238 g/mol. The molecule has 90 valence electrons. The average molecular weight is 238 g/mol. The molecule has 0 heterocycles. The quantitative estimate of drug-likeness (QED) is 0.883. The van der Waals surface area contributed by atoms with E-state index < -0.39 is 5.97 Å². The second-order valence-corrected chi connectivity index (χ2v) is 4.85. The molecule has 1 atom stereocenters. The molecule has 1 unspecified atom stereocenters. The molecular weight excluding hydrogens is 224 g/mol. The van der Waals surface area contributed by atoms with Crippen LogP contribution in [0.4, 0.5) is 0 Å². The maximum Gasteiger partial charge on any atom is 0.303 e. The topological polar surface area (TPSA) is 37.3 Å². The summed E-state index contributed by atoms with van der Waals surface area (Å²) in [5.74, 6) is -0.702. The van der Waals surface area contributed by atoms with Gasteiger partial charge in [-0.2, -0.15) is 0 Å². The van der Waals surface area contributed by atoms with E-state index >= 15 is 0 Å². The molecular formula is C16H14O2. The summed E-state index contributed by atoms with van der Waals surface area (Å²) in [6.07, 6.45) is 2.31. The van der Waals surface area contributed by atoms with E-state index in [4.69, 9.17) is 5.11 Å². The summed E-state index contributed by atoms with van der Waals surface area (Å²) in [7, 11) is 0. The first-order chi connectivity index (χ1) is 8.66. The molecule has 2 heteroatoms. The van der Waals surface area contributed by atoms with Gasteiger partial charge in [-0.25, -0.2) is 0 Å². The number of carboxylic acid groups (broad SMARTS) is 1. The van der Waals surface area contributed by atoms with Crippen LogP contribution in [0.5, 0.6) is 0 Å². The highest BCUT2D eigenvalue weighted by Crippen LogP contribution is 2.40. The van der Waals surface area contributed by atoms with Gasteiger partial charge in [-0.05, 0) is 33.4 Å². The van der Waals surface area contributed by atoms with Gasteiger partial charge in [0, 0.05) is 0 Å². The summed E-state index contributed by atoms with van der Waals surface area (Å²) >= 11 is 0. The lowest BCUT2D eigenvalue weighted by atomic mass is 9.92. The zero-order valence-electron chi connectivity index (χ0n) is 10.2. The van der Waals surface area contributed by atoms with Crippen LogP contribution < -0.4 is 0 Å². The third kappa shape index (κ3) is 1.61. The van der Waals surface area contributed by atoms with Crippen molar-refractivity contribution in [2.24, 2.45) is 5.92 Å². The van der Waals surface area contributed by atoms with E-state index in [1.807, 2.05) is 19.1 Å². The number of carbonyl (C=O) groups is 1. The van der Waals surface area contributed by atoms with Gasteiger partial charge in [-0.15, -0.1) is 0 Å². The highest BCUT2D eigenvalue weighted by atomic mass is 16.4. The zero-order chi connectivity index (χ0) is 12.7. The van der Waals surface area contributed by atoms with Gasteiger partial charge in [0.1, 0.15) is 0 Å². The summed E-state index contributed by atoms with van der Waals surface area (Å²) in [5, 5.41) is 11.4. The summed E-state index contributed by atoms with van der Waals surface area (Å²) in [6.45, 7) is 1.98. The van der Waals surface area contributed by atoms with Crippen molar-refractivity contribution in [2.75, 3.05) is 0 Å². The third-order valence-electron chi connectivity index (χ3n) is 3.57. The van der Waals surface area contributed by atoms with E-state index in [9.17, 15) is 4.79 Å². The Kier molecular flexibility index (Phi) is 2.44. The molecule has 1 aliphatic rings. The fourth-order valence-electron chi connectivity index (χ4n) is 2.76. The molecule has 2 aromatic rings. The Hall–Kier alpha value is -2.09. The van der Waals surface area contributed by atoms with E-state index in [2.05, 4.69) is 30.3 Å². The van der Waals surface area contributed by atoms with Gasteiger partial charge in [0.15, 0.2) is 0 Å². The van der Waals surface area contributed by atoms with Crippen LogP contribution in [0.1, 0.15) is 24.5 Å². The smallest absolute Gasteiger partial charge is 0.303 e. The molecule has 0 saturated heterocycles. The van der Waals surface area contributed by atoms with Crippen molar-refractivity contribution in [3.8, 4) is 0 Å². The Morgan fingerprint density at radius 2 is 1.94 bits per heavy atom. The summed E-state index contributed by atoms with van der Waals surface area (Å²) < 4.78 is 0. The highest BCUT2D eigenvalue weighted by molar-refractivity contribution is 6.09. The van der Waals surface area contributed by atoms with Crippen molar-refractivity contribution in [1.29, 1.82) is 0 Å². The van der Waals surface area contributed by atoms with Crippen molar-refractivity contribution in [2.45, 2.75) is 13.3 Å². The largest absolute Gasteiger partial charge is 0.481 e. The highest BCUT2D eigenvalue weighted by Gasteiger charge is 2.21. The van der Waals surface area contributed by atoms with E-state index in [0.717, 1.165) is 5.57 Å². The molecule has 0 bridgehead atoms. The lowest BCUT2D eigenvalue weighted by Crippen LogP contribution is -2.05. The van der Waals surface area contributed by atoms with Crippen LogP contribution in [0, 0.1) is 5.92 Å². The standard InChI is InChI=1S/C16H14O2/c1-10(8-15(17)18)14-9-12-6-2-4-11-5-3-7-13(14)16(11)12/h2-7,9-10H,8H2,1H3,(H,17,18). The van der Waals surface area contributed by atoms with Crippen molar-refractivity contribution in [3.63, 3.8) is 0 Å². The van der Waals surface area contributed by atoms with Crippen LogP contribution in [0.3, 0.4) is 0 Å². The number of hydrogen-bond acceptors (Lipinski definition) is 1. The molecule has 0 radical (unpaired) electrons. The van der Waals surface area contributed by atoms with Crippen LogP contribution in [-0.4, -0.2) is 11.1 Å². The summed E-state index contributed by atoms with van der Waals surface area (Å²) in [5.41, 5.74) is 3.54. The van der Waals surface area contributed by atoms with E-state index in [-0.39, 0.29) is 12.3 Å². The zero-order valence-corrected chi connectivity index (χ0v) is 10.2. The molecule has 2 nitrogen and oxygen atoms in total. The molecule has 0 saturated carbocycles. The Morgan fingerprint density at radius 1 is 1.22 bits per heavy atom. The Balaban J connectivity index is 2.12. The molecule has 0 spiro atoms. The number of hydrogen-bond donors (Lipinski definition) is 1. The molecule has 1 N–H and O–H groups in total. The average Bonchev–Trinajstić information content (AvgIpc) is 2.70. The molecule has 0 aliphatic heterocycles. The van der Waals surface area contributed by atoms with Gasteiger partial charge < -0.3 is 5.11 Å². The van der Waals surface area contributed by atoms with Crippen molar-refractivity contribution in [3.05, 3.63) is 47.5 Å². The number of allylic oxidation sites excluding steroid dienone is 1. The molecule has 0 fully saturated rings. The lowest BCUT2D eigenvalue weighted by Gasteiger charge is -2.12. The predicted molar refractivity (Wildman–Crippen MR) is 73.2 cm³/mol. The number of rotatable bonds is 3. The minimum Gasteiger partial charge on any atom is -0.481 e. The van der Waals surface area contributed by atoms with E-state index in [1.165, 1.54) is 21.9 Å². The Morgan fingerprint density at radius 3 is 2.67 bits per heavy atom. The second kappa shape index (κ2) is 3.98. The van der Waals surface area contributed by atoms with Crippen molar-refractivity contribution in [1.82, 2.24) is 0 Å². The van der Waals surface area contributed by atoms with Crippen LogP contribution in [-0.2, 0) is 4.79 Å². The predicted octanol–water partition coefficient (Wildman–Crippen LogP) is 3.80. The first-order valence-electron chi connectivity index (χ1n) is 6.12. The van der Waals surface area contributed by atoms with Gasteiger partial charge in [0.25, 0.3) is 0 Å². The maximum atomic E-state index is 10.9. The fourth-order valence-corrected chi connectivity index (χ4v) is 2.76. The minimum atomic E-state index is -0.744. The van der Waals surface area contributed by atoms with Crippen molar-refractivity contribution >= 4 is 28.4 Å². The first-order valence-corrected chi connectivity index (χ1v) is 6.12. The van der Waals surface area contributed by atoms with Crippen molar-refractivity contribution < 1.29 is 9.90 Å². The third-order valence-corrected chi connectivity index (χ3v) is 3.57. The van der Waals surface area contributed by atoms with Crippen LogP contribution in [0.2, 0.25) is 0 Å². The fraction of sp³-hybridized carbons (Fsp3) is 0.188. The lowest BCUT2D eigenvalue weighted by molar-refractivity contribution is -0.137. The molecule has 0 aromatic heterocycles. The van der Waals surface area contributed by atoms with E-state index in [1.54, 1.807) is 0 Å². The van der Waals surface area contributed by atoms with Crippen LogP contribution in [0.15, 0.2) is 36.4 Å². The molecule has 3 rings (SSSR count). The number of benzene rings is 2. The van der Waals surface area contributed by atoms with Gasteiger partial charge in [-0.1, -0.05) is 49.4 Å². The van der Waals surface area contributed by atoms with Gasteiger partial charge in [0.05, 0.1) is 6.42 Å². The molecule has 0 amide bonds. The minimum absolute atomic E-state index is 0.0421.